The maximum absolute atomic E-state index is 13.6. The number of aromatic nitrogens is 3. The minimum Gasteiger partial charge on any atom is -0.493 e. The second-order valence-corrected chi connectivity index (χ2v) is 9.81. The number of Topliss-reactive ketones (excluding diaryl/α,β-unsaturated/α-hetero) is 1. The first kappa shape index (κ1) is 28.7. The summed E-state index contributed by atoms with van der Waals surface area (Å²) in [5.41, 5.74) is 0.674. The first-order valence-electron chi connectivity index (χ1n) is 12.5. The summed E-state index contributed by atoms with van der Waals surface area (Å²) in [6.07, 6.45) is 0.261. The third-order valence-corrected chi connectivity index (χ3v) is 7.12. The van der Waals surface area contributed by atoms with Gasteiger partial charge in [-0.25, -0.2) is 18.7 Å². The van der Waals surface area contributed by atoms with Gasteiger partial charge in [0, 0.05) is 30.4 Å². The highest BCUT2D eigenvalue weighted by Gasteiger charge is 2.34. The van der Waals surface area contributed by atoms with Gasteiger partial charge in [-0.2, -0.15) is 0 Å². The van der Waals surface area contributed by atoms with Crippen LogP contribution in [0.2, 0.25) is 0 Å². The highest BCUT2D eigenvalue weighted by molar-refractivity contribution is 7.14. The number of halogens is 1. The number of amides is 1. The van der Waals surface area contributed by atoms with Gasteiger partial charge in [0.1, 0.15) is 35.6 Å². The molecule has 0 saturated carbocycles. The highest BCUT2D eigenvalue weighted by Crippen LogP contribution is 2.36. The van der Waals surface area contributed by atoms with Crippen molar-refractivity contribution < 1.29 is 28.6 Å². The molecule has 40 heavy (non-hydrogen) atoms. The van der Waals surface area contributed by atoms with Crippen LogP contribution in [0, 0.1) is 5.82 Å². The Bertz CT molecular complexity index is 1530. The smallest absolute Gasteiger partial charge is 0.329 e. The van der Waals surface area contributed by atoms with Crippen LogP contribution in [0.1, 0.15) is 48.3 Å². The minimum atomic E-state index is -1.26. The van der Waals surface area contributed by atoms with Gasteiger partial charge in [-0.3, -0.25) is 9.59 Å². The van der Waals surface area contributed by atoms with Gasteiger partial charge in [-0.15, -0.1) is 11.3 Å². The standard InChI is InChI=1S/C28H29FN4O6S/c1-4-22(34)21-15-40-27(30-21)32-25(35)24(16(2)17-5-9-19(29)10-6-17)33-26(36)23(31-28(33)37)18-7-11-20(12-8-18)39-14-13-38-3/h5-12,15-16,24,36H,4,13-14H2,1-3H3,(H,31,37)(H,30,32,35)/t16-,24-/m0/s1. The molecule has 0 aliphatic carbocycles. The number of H-pyrrole nitrogens is 1. The Labute approximate surface area is 233 Å². The molecule has 1 amide bonds. The van der Waals surface area contributed by atoms with Crippen molar-refractivity contribution in [3.8, 4) is 22.9 Å². The van der Waals surface area contributed by atoms with Gasteiger partial charge in [0.25, 0.3) is 0 Å². The number of aromatic amines is 1. The summed E-state index contributed by atoms with van der Waals surface area (Å²) in [5.74, 6) is -1.83. The monoisotopic (exact) mass is 568 g/mol. The summed E-state index contributed by atoms with van der Waals surface area (Å²) in [5, 5.41) is 15.6. The fraction of sp³-hybridized carbons (Fsp3) is 0.286. The van der Waals surface area contributed by atoms with Gasteiger partial charge in [0.2, 0.25) is 11.8 Å². The van der Waals surface area contributed by atoms with E-state index in [9.17, 15) is 23.9 Å². The van der Waals surface area contributed by atoms with Crippen LogP contribution in [-0.4, -0.2) is 51.7 Å². The summed E-state index contributed by atoms with van der Waals surface area (Å²) in [7, 11) is 1.57. The molecule has 12 heteroatoms. The van der Waals surface area contributed by atoms with Crippen molar-refractivity contribution in [2.75, 3.05) is 25.6 Å². The second kappa shape index (κ2) is 12.7. The largest absolute Gasteiger partial charge is 0.493 e. The predicted octanol–water partition coefficient (Wildman–Crippen LogP) is 4.75. The number of benzene rings is 2. The lowest BCUT2D eigenvalue weighted by atomic mass is 9.92. The number of methoxy groups -OCH3 is 1. The number of carbonyl (C=O) groups excluding carboxylic acids is 2. The lowest BCUT2D eigenvalue weighted by molar-refractivity contribution is -0.120. The summed E-state index contributed by atoms with van der Waals surface area (Å²) in [4.78, 5) is 45.7. The average Bonchev–Trinajstić information content (AvgIpc) is 3.53. The average molecular weight is 569 g/mol. The number of anilines is 1. The number of hydrogen-bond acceptors (Lipinski definition) is 8. The summed E-state index contributed by atoms with van der Waals surface area (Å²) >= 11 is 1.07. The summed E-state index contributed by atoms with van der Waals surface area (Å²) in [6, 6.07) is 11.0. The van der Waals surface area contributed by atoms with Crippen LogP contribution in [0.5, 0.6) is 11.6 Å². The number of hydrogen-bond donors (Lipinski definition) is 3. The lowest BCUT2D eigenvalue weighted by Gasteiger charge is -2.24. The molecule has 0 aliphatic heterocycles. The minimum absolute atomic E-state index is 0.114. The molecule has 210 valence electrons. The van der Waals surface area contributed by atoms with Crippen molar-refractivity contribution >= 4 is 28.2 Å². The number of ketones is 1. The first-order chi connectivity index (χ1) is 19.2. The van der Waals surface area contributed by atoms with E-state index in [2.05, 4.69) is 15.3 Å². The van der Waals surface area contributed by atoms with E-state index in [1.54, 1.807) is 50.6 Å². The summed E-state index contributed by atoms with van der Waals surface area (Å²) < 4.78 is 25.1. The third-order valence-electron chi connectivity index (χ3n) is 6.36. The highest BCUT2D eigenvalue weighted by atomic mass is 32.1. The van der Waals surface area contributed by atoms with Crippen molar-refractivity contribution in [1.82, 2.24) is 14.5 Å². The maximum Gasteiger partial charge on any atom is 0.329 e. The Morgan fingerprint density at radius 3 is 2.50 bits per heavy atom. The van der Waals surface area contributed by atoms with E-state index in [1.807, 2.05) is 0 Å². The van der Waals surface area contributed by atoms with E-state index in [0.29, 0.717) is 30.1 Å². The van der Waals surface area contributed by atoms with Crippen LogP contribution in [0.15, 0.2) is 58.7 Å². The Morgan fingerprint density at radius 2 is 1.85 bits per heavy atom. The number of nitrogens with one attached hydrogen (secondary N) is 2. The maximum atomic E-state index is 13.6. The second-order valence-electron chi connectivity index (χ2n) is 8.95. The van der Waals surface area contributed by atoms with Crippen molar-refractivity contribution in [2.45, 2.75) is 32.2 Å². The van der Waals surface area contributed by atoms with Crippen LogP contribution in [0.4, 0.5) is 9.52 Å². The Balaban J connectivity index is 1.70. The zero-order valence-electron chi connectivity index (χ0n) is 22.1. The number of thiazole rings is 1. The zero-order valence-corrected chi connectivity index (χ0v) is 23.0. The molecule has 0 unspecified atom stereocenters. The molecule has 4 aromatic rings. The fourth-order valence-electron chi connectivity index (χ4n) is 4.20. The molecule has 2 aromatic carbocycles. The summed E-state index contributed by atoms with van der Waals surface area (Å²) in [6.45, 7) is 4.18. The fourth-order valence-corrected chi connectivity index (χ4v) is 4.91. The molecular weight excluding hydrogens is 539 g/mol. The van der Waals surface area contributed by atoms with Crippen LogP contribution in [0.25, 0.3) is 11.3 Å². The van der Waals surface area contributed by atoms with Gasteiger partial charge in [-0.05, 0) is 42.0 Å². The normalized spacial score (nSPS) is 12.6. The van der Waals surface area contributed by atoms with Gasteiger partial charge in [0.05, 0.1) is 6.61 Å². The van der Waals surface area contributed by atoms with Gasteiger partial charge in [0.15, 0.2) is 10.9 Å². The SMILES string of the molecule is CCC(=O)c1csc(NC(=O)[C@H]([C@@H](C)c2ccc(F)cc2)n2c(O)c(-c3ccc(OCCOC)cc3)[nH]c2=O)n1. The van der Waals surface area contributed by atoms with Crippen LogP contribution in [-0.2, 0) is 9.53 Å². The van der Waals surface area contributed by atoms with E-state index in [4.69, 9.17) is 9.47 Å². The number of rotatable bonds is 12. The van der Waals surface area contributed by atoms with Crippen molar-refractivity contribution in [2.24, 2.45) is 0 Å². The molecule has 0 bridgehead atoms. The lowest BCUT2D eigenvalue weighted by Crippen LogP contribution is -2.35. The Hall–Kier alpha value is -4.29. The van der Waals surface area contributed by atoms with Crippen LogP contribution < -0.4 is 15.7 Å². The number of imidazole rings is 1. The number of aromatic hydroxyl groups is 1. The van der Waals surface area contributed by atoms with E-state index in [1.165, 1.54) is 24.3 Å². The van der Waals surface area contributed by atoms with Gasteiger partial charge in [-0.1, -0.05) is 26.0 Å². The molecule has 0 aliphatic rings. The predicted molar refractivity (Wildman–Crippen MR) is 149 cm³/mol. The number of ether oxygens (including phenoxy) is 2. The molecule has 10 nitrogen and oxygen atoms in total. The van der Waals surface area contributed by atoms with E-state index in [0.717, 1.165) is 15.9 Å². The van der Waals surface area contributed by atoms with Crippen LogP contribution >= 0.6 is 11.3 Å². The van der Waals surface area contributed by atoms with E-state index >= 15 is 0 Å². The molecule has 3 N–H and O–H groups in total. The molecule has 2 heterocycles. The zero-order chi connectivity index (χ0) is 28.8. The molecule has 2 aromatic heterocycles. The molecule has 0 radical (unpaired) electrons. The quantitative estimate of drug-likeness (QED) is 0.166. The van der Waals surface area contributed by atoms with Crippen molar-refractivity contribution in [3.63, 3.8) is 0 Å². The van der Waals surface area contributed by atoms with E-state index in [-0.39, 0.29) is 28.7 Å². The van der Waals surface area contributed by atoms with Crippen molar-refractivity contribution in [1.29, 1.82) is 0 Å². The van der Waals surface area contributed by atoms with Crippen molar-refractivity contribution in [3.05, 3.63) is 81.5 Å². The molecule has 2 atom stereocenters. The molecule has 0 spiro atoms. The van der Waals surface area contributed by atoms with Gasteiger partial charge >= 0.3 is 5.69 Å². The van der Waals surface area contributed by atoms with Crippen LogP contribution in [0.3, 0.4) is 0 Å². The molecule has 0 saturated heterocycles. The number of carbonyl (C=O) groups is 2. The van der Waals surface area contributed by atoms with Gasteiger partial charge < -0.3 is 24.9 Å². The first-order valence-corrected chi connectivity index (χ1v) is 13.4. The molecule has 0 fully saturated rings. The Kier molecular flexibility index (Phi) is 9.12. The van der Waals surface area contributed by atoms with E-state index < -0.39 is 35.3 Å². The topological polar surface area (TPSA) is 136 Å². The third kappa shape index (κ3) is 6.29. The molecule has 4 rings (SSSR count). The molecular formula is C28H29FN4O6S. The number of nitrogens with zero attached hydrogens (tertiary/aromatic N) is 2. The Morgan fingerprint density at radius 1 is 1.15 bits per heavy atom.